The van der Waals surface area contributed by atoms with Crippen molar-refractivity contribution in [1.29, 1.82) is 0 Å². The molecule has 28 heavy (non-hydrogen) atoms. The molecule has 0 radical (unpaired) electrons. The summed E-state index contributed by atoms with van der Waals surface area (Å²) in [4.78, 5) is 25.6. The molecule has 152 valence electrons. The fourth-order valence-electron chi connectivity index (χ4n) is 6.07. The van der Waals surface area contributed by atoms with E-state index >= 15 is 0 Å². The lowest BCUT2D eigenvalue weighted by molar-refractivity contribution is -0.129. The fourth-order valence-corrected chi connectivity index (χ4v) is 6.07. The van der Waals surface area contributed by atoms with Gasteiger partial charge >= 0.3 is 0 Å². The maximum atomic E-state index is 13.9. The average Bonchev–Trinajstić information content (AvgIpc) is 2.57. The highest BCUT2D eigenvalue weighted by Crippen LogP contribution is 2.55. The molecule has 0 aliphatic heterocycles. The molecule has 4 aliphatic carbocycles. The van der Waals surface area contributed by atoms with Gasteiger partial charge in [0.2, 0.25) is 5.91 Å². The average molecular weight is 390 g/mol. The molecule has 1 aromatic rings. The Bertz CT molecular complexity index is 737. The second kappa shape index (κ2) is 7.12. The van der Waals surface area contributed by atoms with Crippen molar-refractivity contribution in [3.05, 3.63) is 35.4 Å². The smallest absolute Gasteiger partial charge is 0.257 e. The Kier molecular flexibility index (Phi) is 4.92. The number of carbonyl (C=O) groups excluding carboxylic acids is 2. The summed E-state index contributed by atoms with van der Waals surface area (Å²) >= 11 is 0. The molecule has 1 aromatic carbocycles. The van der Waals surface area contributed by atoms with E-state index in [9.17, 15) is 18.4 Å². The molecule has 2 amide bonds. The quantitative estimate of drug-likeness (QED) is 0.803. The summed E-state index contributed by atoms with van der Waals surface area (Å²) in [6.07, 6.45) is 6.83. The lowest BCUT2D eigenvalue weighted by atomic mass is 9.53. The molecule has 4 bridgehead atoms. The van der Waals surface area contributed by atoms with Crippen LogP contribution in [-0.2, 0) is 4.79 Å². The first-order valence-electron chi connectivity index (χ1n) is 10.3. The van der Waals surface area contributed by atoms with Crippen LogP contribution in [0.1, 0.15) is 62.7 Å². The van der Waals surface area contributed by atoms with Crippen molar-refractivity contribution in [1.82, 2.24) is 10.6 Å². The van der Waals surface area contributed by atoms with E-state index in [-0.39, 0.29) is 17.4 Å². The molecule has 2 N–H and O–H groups in total. The summed E-state index contributed by atoms with van der Waals surface area (Å²) in [6, 6.07) is 2.45. The number of hydrogen-bond acceptors (Lipinski definition) is 2. The molecule has 4 saturated carbocycles. The van der Waals surface area contributed by atoms with Gasteiger partial charge in [-0.3, -0.25) is 9.59 Å². The van der Waals surface area contributed by atoms with Crippen molar-refractivity contribution in [3.8, 4) is 0 Å². The van der Waals surface area contributed by atoms with Gasteiger partial charge in [0.15, 0.2) is 0 Å². The van der Waals surface area contributed by atoms with Gasteiger partial charge in [-0.05, 0) is 74.3 Å². The van der Waals surface area contributed by atoms with E-state index in [4.69, 9.17) is 0 Å². The van der Waals surface area contributed by atoms with Gasteiger partial charge < -0.3 is 10.6 Å². The Balaban J connectivity index is 1.49. The summed E-state index contributed by atoms with van der Waals surface area (Å²) in [5, 5.41) is 5.82. The molecule has 4 fully saturated rings. The van der Waals surface area contributed by atoms with Crippen LogP contribution in [0.5, 0.6) is 0 Å². The third kappa shape index (κ3) is 3.53. The summed E-state index contributed by atoms with van der Waals surface area (Å²) in [7, 11) is 0. The lowest BCUT2D eigenvalue weighted by Gasteiger charge is -2.57. The molecule has 1 atom stereocenters. The van der Waals surface area contributed by atoms with E-state index in [1.54, 1.807) is 0 Å². The molecular formula is C22H28F2N2O2. The van der Waals surface area contributed by atoms with Crippen LogP contribution in [0.4, 0.5) is 8.78 Å². The fraction of sp³-hybridized carbons (Fsp3) is 0.636. The molecule has 0 heterocycles. The Labute approximate surface area is 164 Å². The SMILES string of the molecule is CC(C)[C@@H](NC(=O)c1c(F)cccc1F)C(=O)NC12CC3CC(CC(C3)C1)C2. The van der Waals surface area contributed by atoms with E-state index in [2.05, 4.69) is 10.6 Å². The normalized spacial score (nSPS) is 31.7. The second-order valence-corrected chi connectivity index (χ2v) is 9.48. The van der Waals surface area contributed by atoms with E-state index in [1.807, 2.05) is 13.8 Å². The van der Waals surface area contributed by atoms with Gasteiger partial charge in [-0.15, -0.1) is 0 Å². The van der Waals surface area contributed by atoms with E-state index in [1.165, 1.54) is 25.3 Å². The Morgan fingerprint density at radius 2 is 1.50 bits per heavy atom. The van der Waals surface area contributed by atoms with Crippen molar-refractivity contribution in [2.45, 2.75) is 64.0 Å². The van der Waals surface area contributed by atoms with Gasteiger partial charge in [0.25, 0.3) is 5.91 Å². The van der Waals surface area contributed by atoms with E-state index in [0.29, 0.717) is 17.8 Å². The van der Waals surface area contributed by atoms with Gasteiger partial charge in [-0.2, -0.15) is 0 Å². The van der Waals surface area contributed by atoms with Crippen molar-refractivity contribution < 1.29 is 18.4 Å². The first-order chi connectivity index (χ1) is 13.3. The minimum Gasteiger partial charge on any atom is -0.349 e. The maximum absolute atomic E-state index is 13.9. The van der Waals surface area contributed by atoms with Crippen LogP contribution in [0, 0.1) is 35.3 Å². The van der Waals surface area contributed by atoms with Gasteiger partial charge in [-0.1, -0.05) is 19.9 Å². The molecule has 6 heteroatoms. The summed E-state index contributed by atoms with van der Waals surface area (Å²) in [5.41, 5.74) is -0.816. The second-order valence-electron chi connectivity index (χ2n) is 9.48. The van der Waals surface area contributed by atoms with E-state index < -0.39 is 29.1 Å². The minimum absolute atomic E-state index is 0.174. The number of amides is 2. The van der Waals surface area contributed by atoms with Crippen LogP contribution in [-0.4, -0.2) is 23.4 Å². The number of benzene rings is 1. The molecule has 0 saturated heterocycles. The Morgan fingerprint density at radius 1 is 1.00 bits per heavy atom. The number of rotatable bonds is 5. The van der Waals surface area contributed by atoms with Crippen LogP contribution >= 0.6 is 0 Å². The molecule has 0 unspecified atom stereocenters. The van der Waals surface area contributed by atoms with Crippen LogP contribution in [0.15, 0.2) is 18.2 Å². The molecule has 0 aromatic heterocycles. The van der Waals surface area contributed by atoms with Gasteiger partial charge in [0.1, 0.15) is 23.2 Å². The number of halogens is 2. The van der Waals surface area contributed by atoms with Gasteiger partial charge in [0.05, 0.1) is 0 Å². The first-order valence-corrected chi connectivity index (χ1v) is 10.3. The zero-order chi connectivity index (χ0) is 20.1. The largest absolute Gasteiger partial charge is 0.349 e. The van der Waals surface area contributed by atoms with E-state index in [0.717, 1.165) is 31.4 Å². The van der Waals surface area contributed by atoms with Gasteiger partial charge in [0, 0.05) is 5.54 Å². The molecular weight excluding hydrogens is 362 g/mol. The van der Waals surface area contributed by atoms with Crippen LogP contribution in [0.25, 0.3) is 0 Å². The summed E-state index contributed by atoms with van der Waals surface area (Å²) in [6.45, 7) is 3.64. The monoisotopic (exact) mass is 390 g/mol. The third-order valence-corrected chi connectivity index (χ3v) is 6.85. The van der Waals surface area contributed by atoms with Crippen molar-refractivity contribution in [2.75, 3.05) is 0 Å². The van der Waals surface area contributed by atoms with Crippen molar-refractivity contribution in [3.63, 3.8) is 0 Å². The molecule has 4 nitrogen and oxygen atoms in total. The highest BCUT2D eigenvalue weighted by atomic mass is 19.1. The lowest BCUT2D eigenvalue weighted by Crippen LogP contribution is -2.63. The predicted molar refractivity (Wildman–Crippen MR) is 101 cm³/mol. The minimum atomic E-state index is -0.929. The van der Waals surface area contributed by atoms with Crippen molar-refractivity contribution >= 4 is 11.8 Å². The maximum Gasteiger partial charge on any atom is 0.257 e. The molecule has 0 spiro atoms. The molecule has 5 rings (SSSR count). The van der Waals surface area contributed by atoms with Crippen molar-refractivity contribution in [2.24, 2.45) is 23.7 Å². The first kappa shape index (κ1) is 19.3. The summed E-state index contributed by atoms with van der Waals surface area (Å²) < 4.78 is 27.9. The standard InChI is InChI=1S/C22H28F2N2O2/c1-12(2)19(25-20(27)18-16(23)4-3-5-17(18)24)21(28)26-22-9-13-6-14(10-22)8-15(7-13)11-22/h3-5,12-15,19H,6-11H2,1-2H3,(H,25,27)(H,26,28)/t13?,14?,15?,19-,22?/m1/s1. The zero-order valence-corrected chi connectivity index (χ0v) is 16.4. The number of hydrogen-bond donors (Lipinski definition) is 2. The highest BCUT2D eigenvalue weighted by molar-refractivity contribution is 5.98. The summed E-state index contributed by atoms with van der Waals surface area (Å²) in [5.74, 6) is -1.14. The number of carbonyl (C=O) groups is 2. The van der Waals surface area contributed by atoms with Gasteiger partial charge in [-0.25, -0.2) is 8.78 Å². The zero-order valence-electron chi connectivity index (χ0n) is 16.4. The Hall–Kier alpha value is -1.98. The topological polar surface area (TPSA) is 58.2 Å². The number of nitrogens with one attached hydrogen (secondary N) is 2. The Morgan fingerprint density at radius 3 is 1.96 bits per heavy atom. The predicted octanol–water partition coefficient (Wildman–Crippen LogP) is 3.80. The van der Waals surface area contributed by atoms with Crippen LogP contribution < -0.4 is 10.6 Å². The molecule has 4 aliphatic rings. The van der Waals surface area contributed by atoms with Crippen LogP contribution in [0.2, 0.25) is 0 Å². The highest BCUT2D eigenvalue weighted by Gasteiger charge is 2.52. The van der Waals surface area contributed by atoms with Crippen LogP contribution in [0.3, 0.4) is 0 Å². The third-order valence-electron chi connectivity index (χ3n) is 6.85.